The fourth-order valence-electron chi connectivity index (χ4n) is 3.03. The van der Waals surface area contributed by atoms with Gasteiger partial charge in [-0.2, -0.15) is 0 Å². The number of methoxy groups -OCH3 is 3. The minimum absolute atomic E-state index is 0.0626. The Morgan fingerprint density at radius 2 is 1.74 bits per heavy atom. The molecule has 0 aliphatic heterocycles. The van der Waals surface area contributed by atoms with E-state index in [0.717, 1.165) is 22.8 Å². The summed E-state index contributed by atoms with van der Waals surface area (Å²) >= 11 is 1.35. The van der Waals surface area contributed by atoms with Crippen LogP contribution >= 0.6 is 11.8 Å². The molecule has 0 saturated heterocycles. The minimum Gasteiger partial charge on any atom is -0.497 e. The molecule has 0 aliphatic rings. The molecule has 0 spiro atoms. The van der Waals surface area contributed by atoms with Crippen LogP contribution in [0.3, 0.4) is 0 Å². The van der Waals surface area contributed by atoms with Gasteiger partial charge in [0.2, 0.25) is 5.91 Å². The van der Waals surface area contributed by atoms with Crippen molar-refractivity contribution < 1.29 is 19.0 Å². The molecule has 0 unspecified atom stereocenters. The van der Waals surface area contributed by atoms with E-state index in [4.69, 9.17) is 14.2 Å². The molecule has 1 N–H and O–H groups in total. The predicted molar refractivity (Wildman–Crippen MR) is 120 cm³/mol. The zero-order valence-corrected chi connectivity index (χ0v) is 18.9. The molecule has 0 atom stereocenters. The molecule has 1 aromatic heterocycles. The van der Waals surface area contributed by atoms with Crippen molar-refractivity contribution in [1.29, 1.82) is 0 Å². The maximum absolute atomic E-state index is 12.3. The highest BCUT2D eigenvalue weighted by atomic mass is 32.2. The molecule has 9 heteroatoms. The largest absolute Gasteiger partial charge is 0.497 e. The van der Waals surface area contributed by atoms with Crippen LogP contribution in [0.2, 0.25) is 0 Å². The highest BCUT2D eigenvalue weighted by Crippen LogP contribution is 2.27. The summed E-state index contributed by atoms with van der Waals surface area (Å²) in [5.41, 5.74) is 1.97. The Morgan fingerprint density at radius 1 is 1.00 bits per heavy atom. The number of amides is 1. The van der Waals surface area contributed by atoms with E-state index in [2.05, 4.69) is 15.5 Å². The third-order valence-electron chi connectivity index (χ3n) is 4.64. The van der Waals surface area contributed by atoms with Gasteiger partial charge in [0.1, 0.15) is 11.6 Å². The Morgan fingerprint density at radius 3 is 2.42 bits per heavy atom. The number of nitrogens with zero attached hydrogens (tertiary/aromatic N) is 3. The first-order valence-electron chi connectivity index (χ1n) is 9.72. The lowest BCUT2D eigenvalue weighted by molar-refractivity contribution is -0.118. The third kappa shape index (κ3) is 5.69. The van der Waals surface area contributed by atoms with Crippen molar-refractivity contribution in [3.63, 3.8) is 0 Å². The van der Waals surface area contributed by atoms with Crippen molar-refractivity contribution >= 4 is 17.7 Å². The minimum atomic E-state index is -0.0626. The Hall–Kier alpha value is -3.20. The van der Waals surface area contributed by atoms with Gasteiger partial charge in [-0.15, -0.1) is 10.2 Å². The molecule has 2 aromatic carbocycles. The topological polar surface area (TPSA) is 87.5 Å². The van der Waals surface area contributed by atoms with Crippen molar-refractivity contribution in [2.45, 2.75) is 18.5 Å². The smallest absolute Gasteiger partial charge is 0.230 e. The second-order valence-corrected chi connectivity index (χ2v) is 7.58. The summed E-state index contributed by atoms with van der Waals surface area (Å²) in [6.07, 6.45) is 0.692. The zero-order chi connectivity index (χ0) is 22.2. The van der Waals surface area contributed by atoms with Gasteiger partial charge in [0.25, 0.3) is 0 Å². The van der Waals surface area contributed by atoms with Crippen molar-refractivity contribution in [2.75, 3.05) is 33.6 Å². The number of hydrogen-bond donors (Lipinski definition) is 1. The van der Waals surface area contributed by atoms with Crippen molar-refractivity contribution in [3.05, 3.63) is 53.9 Å². The fraction of sp³-hybridized carbons (Fsp3) is 0.318. The first-order chi connectivity index (χ1) is 15.0. The molecule has 3 aromatic rings. The monoisotopic (exact) mass is 442 g/mol. The van der Waals surface area contributed by atoms with E-state index in [1.165, 1.54) is 11.8 Å². The molecule has 31 heavy (non-hydrogen) atoms. The third-order valence-corrected chi connectivity index (χ3v) is 5.57. The molecule has 0 aliphatic carbocycles. The lowest BCUT2D eigenvalue weighted by Gasteiger charge is -2.11. The number of thioether (sulfide) groups is 1. The van der Waals surface area contributed by atoms with Gasteiger partial charge < -0.3 is 19.5 Å². The number of carbonyl (C=O) groups excluding carboxylic acids is 1. The van der Waals surface area contributed by atoms with Crippen LogP contribution in [0.15, 0.2) is 47.6 Å². The van der Waals surface area contributed by atoms with E-state index in [-0.39, 0.29) is 11.7 Å². The lowest BCUT2D eigenvalue weighted by Crippen LogP contribution is -2.27. The average Bonchev–Trinajstić information content (AvgIpc) is 3.17. The Bertz CT molecular complexity index is 1020. The van der Waals surface area contributed by atoms with Crippen LogP contribution in [0.1, 0.15) is 11.4 Å². The van der Waals surface area contributed by atoms with Crippen LogP contribution in [0.4, 0.5) is 0 Å². The summed E-state index contributed by atoms with van der Waals surface area (Å²) in [6.45, 7) is 2.41. The highest BCUT2D eigenvalue weighted by Gasteiger charge is 2.13. The number of hydrogen-bond acceptors (Lipinski definition) is 7. The standard InChI is InChI=1S/C22H26N4O4S/c1-15-24-25-22(26(15)17-6-8-18(28-2)9-7-17)31-14-21(27)23-12-11-16-5-10-19(29-3)20(13-16)30-4/h5-10,13H,11-12,14H2,1-4H3,(H,23,27). The number of rotatable bonds is 10. The van der Waals surface area contributed by atoms with Crippen molar-refractivity contribution in [3.8, 4) is 22.9 Å². The van der Waals surface area contributed by atoms with Crippen LogP contribution < -0.4 is 19.5 Å². The van der Waals surface area contributed by atoms with E-state index in [1.54, 1.807) is 21.3 Å². The average molecular weight is 443 g/mol. The lowest BCUT2D eigenvalue weighted by atomic mass is 10.1. The molecule has 0 fully saturated rings. The van der Waals surface area contributed by atoms with Crippen molar-refractivity contribution in [2.24, 2.45) is 0 Å². The maximum atomic E-state index is 12.3. The second kappa shape index (κ2) is 10.7. The van der Waals surface area contributed by atoms with Crippen LogP contribution in [0.25, 0.3) is 5.69 Å². The molecule has 1 heterocycles. The Labute approximate surface area is 185 Å². The SMILES string of the molecule is COc1ccc(-n2c(C)nnc2SCC(=O)NCCc2ccc(OC)c(OC)c2)cc1. The molecule has 0 radical (unpaired) electrons. The van der Waals surface area contributed by atoms with E-state index in [9.17, 15) is 4.79 Å². The summed E-state index contributed by atoms with van der Waals surface area (Å²) in [5, 5.41) is 12.0. The van der Waals surface area contributed by atoms with E-state index in [0.29, 0.717) is 29.6 Å². The molecule has 0 saturated carbocycles. The van der Waals surface area contributed by atoms with Crippen LogP contribution in [-0.2, 0) is 11.2 Å². The summed E-state index contributed by atoms with van der Waals surface area (Å²) in [4.78, 5) is 12.3. The molecule has 1 amide bonds. The highest BCUT2D eigenvalue weighted by molar-refractivity contribution is 7.99. The maximum Gasteiger partial charge on any atom is 0.230 e. The van der Waals surface area contributed by atoms with Gasteiger partial charge in [-0.3, -0.25) is 9.36 Å². The van der Waals surface area contributed by atoms with Crippen LogP contribution in [0.5, 0.6) is 17.2 Å². The van der Waals surface area contributed by atoms with Crippen LogP contribution in [-0.4, -0.2) is 54.3 Å². The first-order valence-corrected chi connectivity index (χ1v) is 10.7. The normalized spacial score (nSPS) is 10.6. The molecule has 0 bridgehead atoms. The number of aryl methyl sites for hydroxylation is 1. The molecule has 3 rings (SSSR count). The van der Waals surface area contributed by atoms with E-state index >= 15 is 0 Å². The molecular formula is C22H26N4O4S. The van der Waals surface area contributed by atoms with E-state index in [1.807, 2.05) is 54.0 Å². The van der Waals surface area contributed by atoms with Gasteiger partial charge >= 0.3 is 0 Å². The van der Waals surface area contributed by atoms with Gasteiger partial charge in [0.05, 0.1) is 27.1 Å². The van der Waals surface area contributed by atoms with Gasteiger partial charge in [-0.1, -0.05) is 17.8 Å². The molecular weight excluding hydrogens is 416 g/mol. The number of ether oxygens (including phenoxy) is 3. The fourth-order valence-corrected chi connectivity index (χ4v) is 3.86. The van der Waals surface area contributed by atoms with Gasteiger partial charge in [0, 0.05) is 12.2 Å². The second-order valence-electron chi connectivity index (χ2n) is 6.64. The summed E-state index contributed by atoms with van der Waals surface area (Å²) in [7, 11) is 4.84. The van der Waals surface area contributed by atoms with E-state index < -0.39 is 0 Å². The first kappa shape index (κ1) is 22.5. The van der Waals surface area contributed by atoms with Gasteiger partial charge in [0.15, 0.2) is 16.7 Å². The summed E-state index contributed by atoms with van der Waals surface area (Å²) in [5.74, 6) is 3.07. The van der Waals surface area contributed by atoms with Gasteiger partial charge in [-0.05, 0) is 55.3 Å². The number of aromatic nitrogens is 3. The quantitative estimate of drug-likeness (QED) is 0.483. The zero-order valence-electron chi connectivity index (χ0n) is 18.0. The van der Waals surface area contributed by atoms with Gasteiger partial charge in [-0.25, -0.2) is 0 Å². The number of benzene rings is 2. The predicted octanol–water partition coefficient (Wildman–Crippen LogP) is 3.05. The molecule has 164 valence electrons. The van der Waals surface area contributed by atoms with Crippen LogP contribution in [0, 0.1) is 6.92 Å². The Kier molecular flexibility index (Phi) is 7.77. The Balaban J connectivity index is 1.53. The summed E-state index contributed by atoms with van der Waals surface area (Å²) in [6, 6.07) is 13.4. The number of carbonyl (C=O) groups is 1. The molecule has 8 nitrogen and oxygen atoms in total. The summed E-state index contributed by atoms with van der Waals surface area (Å²) < 4.78 is 17.7. The number of nitrogens with one attached hydrogen (secondary N) is 1. The van der Waals surface area contributed by atoms with Crippen molar-refractivity contribution in [1.82, 2.24) is 20.1 Å².